The summed E-state index contributed by atoms with van der Waals surface area (Å²) >= 11 is 6.64. The van der Waals surface area contributed by atoms with Crippen molar-refractivity contribution in [1.82, 2.24) is 4.90 Å². The first-order valence-corrected chi connectivity index (χ1v) is 11.5. The highest BCUT2D eigenvalue weighted by Crippen LogP contribution is 2.32. The Labute approximate surface area is 197 Å². The van der Waals surface area contributed by atoms with Crippen molar-refractivity contribution in [3.8, 4) is 0 Å². The zero-order valence-corrected chi connectivity index (χ0v) is 19.6. The molecular weight excluding hydrogens is 444 g/mol. The number of carbonyl (C=O) groups is 3. The minimum Gasteiger partial charge on any atom is -0.462 e. The van der Waals surface area contributed by atoms with E-state index < -0.39 is 5.97 Å². The highest BCUT2D eigenvalue weighted by Gasteiger charge is 2.31. The van der Waals surface area contributed by atoms with E-state index in [1.807, 2.05) is 37.3 Å². The third-order valence-electron chi connectivity index (χ3n) is 4.71. The maximum Gasteiger partial charge on any atom is 0.338 e. The fourth-order valence-electron chi connectivity index (χ4n) is 3.03. The van der Waals surface area contributed by atoms with Gasteiger partial charge in [0.25, 0.3) is 5.91 Å². The molecule has 0 radical (unpaired) electrons. The maximum absolute atomic E-state index is 12.7. The Bertz CT molecular complexity index is 1050. The number of rotatable bonds is 8. The molecule has 0 aliphatic carbocycles. The van der Waals surface area contributed by atoms with Crippen LogP contribution in [0.1, 0.15) is 41.3 Å². The van der Waals surface area contributed by atoms with E-state index in [-0.39, 0.29) is 18.2 Å². The number of aryl methyl sites for hydroxylation is 1. The predicted octanol–water partition coefficient (Wildman–Crippen LogP) is 4.79. The highest BCUT2D eigenvalue weighted by atomic mass is 32.2. The molecule has 8 heteroatoms. The van der Waals surface area contributed by atoms with E-state index >= 15 is 0 Å². The summed E-state index contributed by atoms with van der Waals surface area (Å²) in [6.45, 7) is 4.44. The summed E-state index contributed by atoms with van der Waals surface area (Å²) < 4.78 is 5.44. The minimum atomic E-state index is -0.398. The van der Waals surface area contributed by atoms with E-state index in [2.05, 4.69) is 5.32 Å². The number of thiocarbonyl (C=S) groups is 1. The lowest BCUT2D eigenvalue weighted by Gasteiger charge is -2.14. The molecule has 2 aromatic rings. The molecule has 3 rings (SSSR count). The van der Waals surface area contributed by atoms with Crippen LogP contribution < -0.4 is 5.32 Å². The Morgan fingerprint density at radius 1 is 1.12 bits per heavy atom. The highest BCUT2D eigenvalue weighted by molar-refractivity contribution is 8.26. The molecule has 166 valence electrons. The van der Waals surface area contributed by atoms with Gasteiger partial charge in [0.2, 0.25) is 5.91 Å². The first kappa shape index (κ1) is 23.7. The van der Waals surface area contributed by atoms with Gasteiger partial charge in [-0.2, -0.15) is 0 Å². The van der Waals surface area contributed by atoms with Gasteiger partial charge >= 0.3 is 5.97 Å². The van der Waals surface area contributed by atoms with E-state index in [1.165, 1.54) is 11.8 Å². The van der Waals surface area contributed by atoms with Crippen LogP contribution in [0.4, 0.5) is 5.69 Å². The predicted molar refractivity (Wildman–Crippen MR) is 131 cm³/mol. The summed E-state index contributed by atoms with van der Waals surface area (Å²) in [7, 11) is 0. The molecule has 0 aromatic heterocycles. The zero-order valence-electron chi connectivity index (χ0n) is 17.9. The Kier molecular flexibility index (Phi) is 8.19. The number of benzene rings is 2. The molecule has 0 atom stereocenters. The third kappa shape index (κ3) is 6.27. The van der Waals surface area contributed by atoms with E-state index in [4.69, 9.17) is 17.0 Å². The molecular formula is C24H24N2O4S2. The largest absolute Gasteiger partial charge is 0.462 e. The fourth-order valence-corrected chi connectivity index (χ4v) is 4.34. The second-order valence-electron chi connectivity index (χ2n) is 7.19. The molecule has 6 nitrogen and oxygen atoms in total. The summed E-state index contributed by atoms with van der Waals surface area (Å²) in [6.07, 6.45) is 2.57. The number of hydrogen-bond acceptors (Lipinski definition) is 6. The lowest BCUT2D eigenvalue weighted by Crippen LogP contribution is -2.29. The van der Waals surface area contributed by atoms with Crippen LogP contribution >= 0.6 is 24.0 Å². The Morgan fingerprint density at radius 2 is 1.81 bits per heavy atom. The van der Waals surface area contributed by atoms with Crippen molar-refractivity contribution in [3.63, 3.8) is 0 Å². The molecule has 2 amide bonds. The number of carbonyl (C=O) groups excluding carboxylic acids is 3. The van der Waals surface area contributed by atoms with Crippen molar-refractivity contribution >= 4 is 57.8 Å². The maximum atomic E-state index is 12.7. The van der Waals surface area contributed by atoms with Crippen LogP contribution in [0.2, 0.25) is 0 Å². The van der Waals surface area contributed by atoms with Gasteiger partial charge in [-0.1, -0.05) is 53.8 Å². The first-order valence-electron chi connectivity index (χ1n) is 10.3. The number of amides is 2. The normalized spacial score (nSPS) is 14.7. The minimum absolute atomic E-state index is 0.129. The van der Waals surface area contributed by atoms with E-state index in [9.17, 15) is 14.4 Å². The molecule has 1 N–H and O–H groups in total. The van der Waals surface area contributed by atoms with Crippen LogP contribution in [0.5, 0.6) is 0 Å². The van der Waals surface area contributed by atoms with Gasteiger partial charge in [0.15, 0.2) is 0 Å². The van der Waals surface area contributed by atoms with Crippen molar-refractivity contribution in [2.45, 2.75) is 26.7 Å². The van der Waals surface area contributed by atoms with E-state index in [1.54, 1.807) is 36.1 Å². The summed E-state index contributed by atoms with van der Waals surface area (Å²) in [4.78, 5) is 38.8. The average molecular weight is 469 g/mol. The molecule has 2 aromatic carbocycles. The molecule has 1 fully saturated rings. The van der Waals surface area contributed by atoms with Gasteiger partial charge in [-0.3, -0.25) is 14.5 Å². The number of esters is 1. The average Bonchev–Trinajstić information content (AvgIpc) is 3.03. The molecule has 1 aliphatic heterocycles. The topological polar surface area (TPSA) is 75.7 Å². The monoisotopic (exact) mass is 468 g/mol. The summed E-state index contributed by atoms with van der Waals surface area (Å²) in [5, 5.41) is 2.79. The number of thioether (sulfide) groups is 1. The van der Waals surface area contributed by atoms with Gasteiger partial charge in [-0.05, 0) is 56.2 Å². The molecule has 1 heterocycles. The van der Waals surface area contributed by atoms with Gasteiger partial charge in [0, 0.05) is 18.7 Å². The van der Waals surface area contributed by atoms with E-state index in [0.717, 1.165) is 11.1 Å². The zero-order chi connectivity index (χ0) is 23.1. The first-order chi connectivity index (χ1) is 15.4. The second kappa shape index (κ2) is 11.1. The molecule has 0 unspecified atom stereocenters. The standard InChI is InChI=1S/C24H24N2O4S2/c1-3-30-23(29)18-10-12-19(13-11-18)25-21(27)5-4-14-26-22(28)20(32-24(26)31)15-17-8-6-16(2)7-9-17/h6-13,15H,3-5,14H2,1-2H3,(H,25,27)/b20-15+. The van der Waals surface area contributed by atoms with Crippen LogP contribution in [-0.4, -0.2) is 40.2 Å². The molecule has 0 saturated carbocycles. The fraction of sp³-hybridized carbons (Fsp3) is 0.250. The molecule has 1 aliphatic rings. The number of ether oxygens (including phenoxy) is 1. The lowest BCUT2D eigenvalue weighted by atomic mass is 10.1. The lowest BCUT2D eigenvalue weighted by molar-refractivity contribution is -0.122. The SMILES string of the molecule is CCOC(=O)c1ccc(NC(=O)CCCN2C(=O)/C(=C\c3ccc(C)cc3)SC2=S)cc1. The second-order valence-corrected chi connectivity index (χ2v) is 8.87. The Morgan fingerprint density at radius 3 is 2.47 bits per heavy atom. The van der Waals surface area contributed by atoms with Crippen molar-refractivity contribution < 1.29 is 19.1 Å². The molecule has 1 saturated heterocycles. The van der Waals surface area contributed by atoms with Crippen molar-refractivity contribution in [2.75, 3.05) is 18.5 Å². The van der Waals surface area contributed by atoms with Crippen molar-refractivity contribution in [2.24, 2.45) is 0 Å². The van der Waals surface area contributed by atoms with Gasteiger partial charge in [-0.25, -0.2) is 4.79 Å². The third-order valence-corrected chi connectivity index (χ3v) is 6.09. The van der Waals surface area contributed by atoms with Crippen molar-refractivity contribution in [3.05, 3.63) is 70.1 Å². The summed E-state index contributed by atoms with van der Waals surface area (Å²) in [6, 6.07) is 14.4. The van der Waals surface area contributed by atoms with Crippen molar-refractivity contribution in [1.29, 1.82) is 0 Å². The van der Waals surface area contributed by atoms with Gasteiger partial charge in [0.1, 0.15) is 4.32 Å². The summed E-state index contributed by atoms with van der Waals surface area (Å²) in [5.74, 6) is -0.699. The number of nitrogens with zero attached hydrogens (tertiary/aromatic N) is 1. The van der Waals surface area contributed by atoms with Crippen LogP contribution in [0, 0.1) is 6.92 Å². The number of anilines is 1. The van der Waals surface area contributed by atoms with Crippen LogP contribution in [0.3, 0.4) is 0 Å². The quantitative estimate of drug-likeness (QED) is 0.341. The van der Waals surface area contributed by atoms with Crippen LogP contribution in [0.25, 0.3) is 6.08 Å². The molecule has 0 spiro atoms. The Hall–Kier alpha value is -2.97. The van der Waals surface area contributed by atoms with Crippen LogP contribution in [-0.2, 0) is 14.3 Å². The smallest absolute Gasteiger partial charge is 0.338 e. The number of nitrogens with one attached hydrogen (secondary N) is 1. The van der Waals surface area contributed by atoms with Gasteiger partial charge < -0.3 is 10.1 Å². The Balaban J connectivity index is 1.48. The molecule has 0 bridgehead atoms. The van der Waals surface area contributed by atoms with Gasteiger partial charge in [0.05, 0.1) is 17.1 Å². The van der Waals surface area contributed by atoms with Gasteiger partial charge in [-0.15, -0.1) is 0 Å². The van der Waals surface area contributed by atoms with E-state index in [0.29, 0.717) is 40.0 Å². The molecule has 32 heavy (non-hydrogen) atoms. The van der Waals surface area contributed by atoms with Crippen LogP contribution in [0.15, 0.2) is 53.4 Å². The summed E-state index contributed by atoms with van der Waals surface area (Å²) in [5.41, 5.74) is 3.12. The number of hydrogen-bond donors (Lipinski definition) is 1.